The minimum atomic E-state index is -0.173. The number of carbonyl (C=O) groups excluding carboxylic acids is 1. The highest BCUT2D eigenvalue weighted by Gasteiger charge is 2.15. The predicted molar refractivity (Wildman–Crippen MR) is 112 cm³/mol. The number of benzene rings is 2. The molecule has 0 aliphatic heterocycles. The van der Waals surface area contributed by atoms with Gasteiger partial charge >= 0.3 is 0 Å². The first-order valence-electron chi connectivity index (χ1n) is 9.16. The van der Waals surface area contributed by atoms with E-state index in [-0.39, 0.29) is 5.91 Å². The van der Waals surface area contributed by atoms with Gasteiger partial charge in [-0.05, 0) is 30.2 Å². The van der Waals surface area contributed by atoms with Crippen LogP contribution in [-0.4, -0.2) is 34.5 Å². The molecule has 6 heteroatoms. The molecule has 0 bridgehead atoms. The molecule has 0 aliphatic carbocycles. The van der Waals surface area contributed by atoms with Crippen molar-refractivity contribution in [2.75, 3.05) is 23.8 Å². The number of hydrogen-bond acceptors (Lipinski definition) is 4. The minimum Gasteiger partial charge on any atom is -0.370 e. The fourth-order valence-electron chi connectivity index (χ4n) is 3.18. The average Bonchev–Trinajstić information content (AvgIpc) is 3.17. The van der Waals surface area contributed by atoms with Crippen molar-refractivity contribution in [1.82, 2.24) is 15.0 Å². The number of fused-ring (bicyclic) bond motifs is 1. The fourth-order valence-corrected chi connectivity index (χ4v) is 3.18. The Balaban J connectivity index is 1.42. The summed E-state index contributed by atoms with van der Waals surface area (Å²) in [5, 5.41) is 4.51. The van der Waals surface area contributed by atoms with Crippen molar-refractivity contribution in [2.24, 2.45) is 0 Å². The molecular weight excluding hydrogens is 350 g/mol. The van der Waals surface area contributed by atoms with Crippen LogP contribution < -0.4 is 10.2 Å². The molecule has 2 aromatic carbocycles. The third-order valence-corrected chi connectivity index (χ3v) is 4.71. The van der Waals surface area contributed by atoms with Crippen LogP contribution in [0.1, 0.15) is 16.1 Å². The molecule has 0 saturated heterocycles. The highest BCUT2D eigenvalue weighted by atomic mass is 16.2. The summed E-state index contributed by atoms with van der Waals surface area (Å²) in [6.45, 7) is 0.709. The first-order chi connectivity index (χ1) is 13.7. The maximum atomic E-state index is 12.7. The molecule has 0 aliphatic rings. The van der Waals surface area contributed by atoms with Gasteiger partial charge in [-0.2, -0.15) is 0 Å². The average molecular weight is 371 g/mol. The Morgan fingerprint density at radius 2 is 1.86 bits per heavy atom. The van der Waals surface area contributed by atoms with Crippen molar-refractivity contribution >= 4 is 28.3 Å². The number of aromatic amines is 1. The van der Waals surface area contributed by atoms with Gasteiger partial charge in [0, 0.05) is 42.4 Å². The van der Waals surface area contributed by atoms with Gasteiger partial charge in [0.2, 0.25) is 0 Å². The Hall–Kier alpha value is -3.67. The third-order valence-electron chi connectivity index (χ3n) is 4.71. The monoisotopic (exact) mass is 371 g/mol. The third kappa shape index (κ3) is 3.71. The number of carbonyl (C=O) groups is 1. The lowest BCUT2D eigenvalue weighted by Gasteiger charge is -2.17. The van der Waals surface area contributed by atoms with E-state index in [0.29, 0.717) is 18.1 Å². The van der Waals surface area contributed by atoms with E-state index in [9.17, 15) is 4.79 Å². The van der Waals surface area contributed by atoms with Crippen LogP contribution in [0.15, 0.2) is 73.2 Å². The van der Waals surface area contributed by atoms with E-state index in [1.807, 2.05) is 48.7 Å². The minimum absolute atomic E-state index is 0.173. The number of H-pyrrole nitrogens is 1. The second kappa shape index (κ2) is 7.92. The summed E-state index contributed by atoms with van der Waals surface area (Å²) in [5.41, 5.74) is 3.56. The molecule has 2 aromatic heterocycles. The second-order valence-electron chi connectivity index (χ2n) is 6.52. The maximum Gasteiger partial charge on any atom is 0.276 e. The Bertz CT molecular complexity index is 1090. The number of para-hydroxylation sites is 2. The van der Waals surface area contributed by atoms with E-state index in [0.717, 1.165) is 17.6 Å². The number of aromatic nitrogens is 3. The van der Waals surface area contributed by atoms with Crippen LogP contribution in [-0.2, 0) is 6.42 Å². The van der Waals surface area contributed by atoms with Crippen LogP contribution >= 0.6 is 0 Å². The van der Waals surface area contributed by atoms with Gasteiger partial charge < -0.3 is 15.2 Å². The summed E-state index contributed by atoms with van der Waals surface area (Å²) >= 11 is 0. The van der Waals surface area contributed by atoms with E-state index in [1.54, 1.807) is 18.0 Å². The lowest BCUT2D eigenvalue weighted by atomic mass is 10.1. The van der Waals surface area contributed by atoms with Gasteiger partial charge in [-0.15, -0.1) is 0 Å². The zero-order valence-electron chi connectivity index (χ0n) is 15.6. The fraction of sp³-hybridized carbons (Fsp3) is 0.136. The van der Waals surface area contributed by atoms with Gasteiger partial charge in [-0.25, -0.2) is 9.97 Å². The van der Waals surface area contributed by atoms with Gasteiger partial charge in [0.25, 0.3) is 5.91 Å². The maximum absolute atomic E-state index is 12.7. The molecule has 4 rings (SSSR count). The van der Waals surface area contributed by atoms with Crippen molar-refractivity contribution in [3.63, 3.8) is 0 Å². The van der Waals surface area contributed by atoms with Crippen molar-refractivity contribution in [2.45, 2.75) is 6.42 Å². The summed E-state index contributed by atoms with van der Waals surface area (Å²) in [7, 11) is 1.74. The summed E-state index contributed by atoms with van der Waals surface area (Å²) in [6, 6.07) is 19.4. The highest BCUT2D eigenvalue weighted by molar-refractivity contribution is 6.04. The van der Waals surface area contributed by atoms with Gasteiger partial charge in [0.05, 0.1) is 0 Å². The van der Waals surface area contributed by atoms with Crippen molar-refractivity contribution in [1.29, 1.82) is 0 Å². The summed E-state index contributed by atoms with van der Waals surface area (Å²) in [6.07, 6.45) is 4.30. The van der Waals surface area contributed by atoms with Crippen molar-refractivity contribution in [3.05, 3.63) is 84.4 Å². The highest BCUT2D eigenvalue weighted by Crippen LogP contribution is 2.18. The quantitative estimate of drug-likeness (QED) is 0.539. The zero-order chi connectivity index (χ0) is 19.3. The summed E-state index contributed by atoms with van der Waals surface area (Å²) in [5.74, 6) is 0.466. The molecule has 1 amide bonds. The number of nitrogens with one attached hydrogen (secondary N) is 2. The lowest BCUT2D eigenvalue weighted by Crippen LogP contribution is -2.27. The number of nitrogens with zero attached hydrogens (tertiary/aromatic N) is 3. The number of anilines is 2. The topological polar surface area (TPSA) is 73.9 Å². The predicted octanol–water partition coefficient (Wildman–Crippen LogP) is 3.89. The van der Waals surface area contributed by atoms with Crippen LogP contribution in [0.5, 0.6) is 0 Å². The first-order valence-corrected chi connectivity index (χ1v) is 9.16. The standard InChI is InChI=1S/C22H21N5O/c1-27(17-7-3-2-4-8-17)22(28)20-13-21(26-15-25-20)23-12-11-16-14-24-19-10-6-5-9-18(16)19/h2-10,13-15,24H,11-12H2,1H3,(H,23,25,26). The Kier molecular flexibility index (Phi) is 5.01. The van der Waals surface area contributed by atoms with Crippen LogP contribution in [0, 0.1) is 0 Å². The molecule has 4 aromatic rings. The van der Waals surface area contributed by atoms with Gasteiger partial charge in [-0.3, -0.25) is 4.79 Å². The second-order valence-corrected chi connectivity index (χ2v) is 6.52. The summed E-state index contributed by atoms with van der Waals surface area (Å²) in [4.78, 5) is 25.9. The van der Waals surface area contributed by atoms with Crippen molar-refractivity contribution < 1.29 is 4.79 Å². The Morgan fingerprint density at radius 3 is 2.71 bits per heavy atom. The van der Waals surface area contributed by atoms with Gasteiger partial charge in [-0.1, -0.05) is 36.4 Å². The van der Waals surface area contributed by atoms with Crippen LogP contribution in [0.25, 0.3) is 10.9 Å². The molecule has 140 valence electrons. The molecule has 28 heavy (non-hydrogen) atoms. The van der Waals surface area contributed by atoms with Crippen LogP contribution in [0.2, 0.25) is 0 Å². The number of rotatable bonds is 6. The Labute approximate surface area is 163 Å². The SMILES string of the molecule is CN(C(=O)c1cc(NCCc2c[nH]c3ccccc23)ncn1)c1ccccc1. The van der Waals surface area contributed by atoms with E-state index < -0.39 is 0 Å². The summed E-state index contributed by atoms with van der Waals surface area (Å²) < 4.78 is 0. The molecule has 0 atom stereocenters. The van der Waals surface area contributed by atoms with Gasteiger partial charge in [0.1, 0.15) is 17.8 Å². The van der Waals surface area contributed by atoms with E-state index in [4.69, 9.17) is 0 Å². The largest absolute Gasteiger partial charge is 0.370 e. The van der Waals surface area contributed by atoms with Crippen LogP contribution in [0.4, 0.5) is 11.5 Å². The van der Waals surface area contributed by atoms with E-state index in [1.165, 1.54) is 17.3 Å². The zero-order valence-corrected chi connectivity index (χ0v) is 15.6. The van der Waals surface area contributed by atoms with E-state index >= 15 is 0 Å². The van der Waals surface area contributed by atoms with Gasteiger partial charge in [0.15, 0.2) is 0 Å². The molecule has 0 spiro atoms. The van der Waals surface area contributed by atoms with E-state index in [2.05, 4.69) is 32.4 Å². The first kappa shape index (κ1) is 17.7. The molecule has 6 nitrogen and oxygen atoms in total. The number of hydrogen-bond donors (Lipinski definition) is 2. The molecule has 2 N–H and O–H groups in total. The molecule has 0 unspecified atom stereocenters. The number of amides is 1. The van der Waals surface area contributed by atoms with Crippen molar-refractivity contribution in [3.8, 4) is 0 Å². The molecule has 0 radical (unpaired) electrons. The van der Waals surface area contributed by atoms with Crippen LogP contribution in [0.3, 0.4) is 0 Å². The molecule has 0 fully saturated rings. The Morgan fingerprint density at radius 1 is 1.07 bits per heavy atom. The smallest absolute Gasteiger partial charge is 0.276 e. The molecule has 2 heterocycles. The molecular formula is C22H21N5O. The molecule has 0 saturated carbocycles. The normalized spacial score (nSPS) is 10.8. The lowest BCUT2D eigenvalue weighted by molar-refractivity contribution is 0.0988.